The van der Waals surface area contributed by atoms with Crippen LogP contribution in [-0.4, -0.2) is 29.3 Å². The van der Waals surface area contributed by atoms with Crippen molar-refractivity contribution < 1.29 is 36.0 Å². The Morgan fingerprint density at radius 3 is 2.41 bits per heavy atom. The van der Waals surface area contributed by atoms with E-state index in [1.165, 1.54) is 18.2 Å². The fraction of sp³-hybridized carbons (Fsp3) is 0.240. The minimum Gasteiger partial charge on any atom is -0.374 e. The van der Waals surface area contributed by atoms with Crippen LogP contribution in [0.5, 0.6) is 0 Å². The van der Waals surface area contributed by atoms with Crippen LogP contribution < -0.4 is 5.32 Å². The van der Waals surface area contributed by atoms with E-state index in [-0.39, 0.29) is 23.4 Å². The van der Waals surface area contributed by atoms with Gasteiger partial charge < -0.3 is 10.2 Å². The van der Waals surface area contributed by atoms with Crippen molar-refractivity contribution in [1.29, 1.82) is 0 Å². The Morgan fingerprint density at radius 2 is 1.81 bits per heavy atom. The number of pyridine rings is 1. The van der Waals surface area contributed by atoms with Crippen LogP contribution in [0.15, 0.2) is 53.8 Å². The van der Waals surface area contributed by atoms with E-state index >= 15 is 0 Å². The number of rotatable bonds is 6. The lowest BCUT2D eigenvalue weighted by Crippen LogP contribution is -2.43. The maximum absolute atomic E-state index is 14.1. The summed E-state index contributed by atoms with van der Waals surface area (Å²) in [7, 11) is 0. The average Bonchev–Trinajstić information content (AvgIpc) is 3.30. The molecule has 1 aliphatic heterocycles. The highest BCUT2D eigenvalue weighted by Gasteiger charge is 2.62. The maximum Gasteiger partial charge on any atom is 0.435 e. The van der Waals surface area contributed by atoms with Gasteiger partial charge in [-0.1, -0.05) is 28.9 Å². The highest BCUT2D eigenvalue weighted by molar-refractivity contribution is 6.29. The molecule has 0 saturated carbocycles. The predicted molar refractivity (Wildman–Crippen MR) is 123 cm³/mol. The number of nitrogens with zero attached hydrogens (tertiary/aromatic N) is 2. The van der Waals surface area contributed by atoms with E-state index in [1.807, 2.05) is 0 Å². The van der Waals surface area contributed by atoms with Crippen LogP contribution in [0.3, 0.4) is 0 Å². The summed E-state index contributed by atoms with van der Waals surface area (Å²) in [6, 6.07) is 8.17. The van der Waals surface area contributed by atoms with Gasteiger partial charge in [-0.2, -0.15) is 13.2 Å². The van der Waals surface area contributed by atoms with Crippen molar-refractivity contribution in [3.63, 3.8) is 0 Å². The molecule has 1 aromatic heterocycles. The third kappa shape index (κ3) is 5.27. The van der Waals surface area contributed by atoms with Gasteiger partial charge in [-0.3, -0.25) is 4.79 Å². The van der Waals surface area contributed by atoms with Crippen LogP contribution in [0.1, 0.15) is 39.0 Å². The Hall–Kier alpha value is -3.60. The van der Waals surface area contributed by atoms with E-state index in [4.69, 9.17) is 16.4 Å². The molecular formula is C25H18ClF6N3O2. The average molecular weight is 542 g/mol. The van der Waals surface area contributed by atoms with Gasteiger partial charge in [0, 0.05) is 30.3 Å². The number of nitrogens with one attached hydrogen (secondary N) is 1. The van der Waals surface area contributed by atoms with E-state index in [2.05, 4.69) is 15.5 Å². The number of aromatic nitrogens is 1. The van der Waals surface area contributed by atoms with Crippen LogP contribution in [0.4, 0.5) is 26.3 Å². The lowest BCUT2D eigenvalue weighted by atomic mass is 9.86. The predicted octanol–water partition coefficient (Wildman–Crippen LogP) is 6.02. The van der Waals surface area contributed by atoms with Gasteiger partial charge in [0.25, 0.3) is 11.5 Å². The van der Waals surface area contributed by atoms with Crippen LogP contribution in [0, 0.1) is 24.4 Å². The van der Waals surface area contributed by atoms with Crippen LogP contribution in [-0.2, 0) is 16.9 Å². The van der Waals surface area contributed by atoms with Crippen molar-refractivity contribution in [2.45, 2.75) is 31.5 Å². The molecule has 2 aromatic carbocycles. The van der Waals surface area contributed by atoms with Crippen molar-refractivity contribution in [2.75, 3.05) is 6.54 Å². The Bertz CT molecular complexity index is 1350. The number of benzene rings is 2. The molecule has 0 saturated heterocycles. The number of oxime groups is 1. The molecule has 3 aromatic rings. The Balaban J connectivity index is 1.50. The van der Waals surface area contributed by atoms with Gasteiger partial charge in [-0.05, 0) is 60.4 Å². The quantitative estimate of drug-likeness (QED) is 0.236. The first kappa shape index (κ1) is 26.5. The summed E-state index contributed by atoms with van der Waals surface area (Å²) in [5.41, 5.74) is -2.50. The number of hydrogen-bond donors (Lipinski definition) is 1. The summed E-state index contributed by atoms with van der Waals surface area (Å²) in [5.74, 6) is -5.85. The minimum atomic E-state index is -5.14. The normalized spacial score (nSPS) is 17.4. The van der Waals surface area contributed by atoms with E-state index in [1.54, 1.807) is 25.3 Å². The van der Waals surface area contributed by atoms with Crippen molar-refractivity contribution in [2.24, 2.45) is 5.16 Å². The van der Waals surface area contributed by atoms with Gasteiger partial charge >= 0.3 is 6.18 Å². The molecule has 1 amide bonds. The third-order valence-electron chi connectivity index (χ3n) is 5.93. The largest absolute Gasteiger partial charge is 0.435 e. The summed E-state index contributed by atoms with van der Waals surface area (Å²) in [5, 5.41) is 6.64. The van der Waals surface area contributed by atoms with Gasteiger partial charge in [0.2, 0.25) is 0 Å². The molecule has 1 aliphatic rings. The molecule has 0 radical (unpaired) electrons. The molecule has 4 rings (SSSR count). The second-order valence-electron chi connectivity index (χ2n) is 8.41. The molecule has 1 unspecified atom stereocenters. The first-order valence-electron chi connectivity index (χ1n) is 10.9. The Labute approximate surface area is 212 Å². The zero-order valence-corrected chi connectivity index (χ0v) is 19.9. The van der Waals surface area contributed by atoms with E-state index in [9.17, 15) is 31.1 Å². The number of aryl methyl sites for hydroxylation is 1. The molecule has 0 fully saturated rings. The second kappa shape index (κ2) is 10.0. The Morgan fingerprint density at radius 1 is 1.11 bits per heavy atom. The summed E-state index contributed by atoms with van der Waals surface area (Å²) >= 11 is 5.74. The standard InChI is InChI=1S/C25H18ClF6N3O2/c1-13-8-15(3-4-17(13)23(36)33-7-6-14-2-5-21(26)34-12-14)20-11-24(37-35-20,25(30,31)32)16-9-18(27)22(29)19(28)10-16/h2-5,8-10,12H,6-7,11H2,1H3,(H,33,36). The summed E-state index contributed by atoms with van der Waals surface area (Å²) < 4.78 is 83.0. The SMILES string of the molecule is Cc1cc(C2=NOC(c3cc(F)c(F)c(F)c3)(C(F)(F)F)C2)ccc1C(=O)NCCc1ccc(Cl)nc1. The summed E-state index contributed by atoms with van der Waals surface area (Å²) in [4.78, 5) is 21.3. The number of hydrogen-bond acceptors (Lipinski definition) is 4. The van der Waals surface area contributed by atoms with Crippen molar-refractivity contribution in [3.8, 4) is 0 Å². The van der Waals surface area contributed by atoms with Crippen LogP contribution >= 0.6 is 11.6 Å². The molecular weight excluding hydrogens is 524 g/mol. The fourth-order valence-electron chi connectivity index (χ4n) is 3.92. The molecule has 194 valence electrons. The van der Waals surface area contributed by atoms with Gasteiger partial charge in [0.1, 0.15) is 5.15 Å². The third-order valence-corrected chi connectivity index (χ3v) is 6.15. The van der Waals surface area contributed by atoms with Crippen LogP contribution in [0.25, 0.3) is 0 Å². The zero-order chi connectivity index (χ0) is 27.0. The highest BCUT2D eigenvalue weighted by atomic mass is 35.5. The van der Waals surface area contributed by atoms with Gasteiger partial charge in [-0.15, -0.1) is 0 Å². The zero-order valence-electron chi connectivity index (χ0n) is 19.1. The highest BCUT2D eigenvalue weighted by Crippen LogP contribution is 2.49. The van der Waals surface area contributed by atoms with Crippen molar-refractivity contribution >= 4 is 23.2 Å². The number of carbonyl (C=O) groups is 1. The number of alkyl halides is 3. The van der Waals surface area contributed by atoms with E-state index in [0.717, 1.165) is 5.56 Å². The molecule has 5 nitrogen and oxygen atoms in total. The molecule has 2 heterocycles. The molecule has 0 spiro atoms. The van der Waals surface area contributed by atoms with E-state index in [0.29, 0.717) is 29.2 Å². The molecule has 1 N–H and O–H groups in total. The summed E-state index contributed by atoms with van der Waals surface area (Å²) in [6.45, 7) is 1.91. The van der Waals surface area contributed by atoms with Gasteiger partial charge in [0.05, 0.1) is 5.71 Å². The number of amides is 1. The first-order chi connectivity index (χ1) is 17.4. The molecule has 0 aliphatic carbocycles. The molecule has 1 atom stereocenters. The smallest absolute Gasteiger partial charge is 0.374 e. The summed E-state index contributed by atoms with van der Waals surface area (Å²) in [6.07, 6.45) is -3.95. The first-order valence-corrected chi connectivity index (χ1v) is 11.3. The van der Waals surface area contributed by atoms with Gasteiger partial charge in [0.15, 0.2) is 17.5 Å². The van der Waals surface area contributed by atoms with Gasteiger partial charge in [-0.25, -0.2) is 18.2 Å². The monoisotopic (exact) mass is 541 g/mol. The lowest BCUT2D eigenvalue weighted by molar-refractivity contribution is -0.276. The topological polar surface area (TPSA) is 63.6 Å². The second-order valence-corrected chi connectivity index (χ2v) is 8.80. The van der Waals surface area contributed by atoms with Crippen LogP contribution in [0.2, 0.25) is 5.15 Å². The van der Waals surface area contributed by atoms with E-state index < -0.39 is 47.1 Å². The van der Waals surface area contributed by atoms with Crippen molar-refractivity contribution in [1.82, 2.24) is 10.3 Å². The fourth-order valence-corrected chi connectivity index (χ4v) is 4.03. The lowest BCUT2D eigenvalue weighted by Gasteiger charge is -2.29. The minimum absolute atomic E-state index is 0.159. The number of carbonyl (C=O) groups excluding carboxylic acids is 1. The number of halogens is 7. The molecule has 12 heteroatoms. The molecule has 37 heavy (non-hydrogen) atoms. The maximum atomic E-state index is 14.1. The Kier molecular flexibility index (Phi) is 7.18. The molecule has 0 bridgehead atoms. The van der Waals surface area contributed by atoms with Crippen molar-refractivity contribution in [3.05, 3.63) is 99.1 Å².